The van der Waals surface area contributed by atoms with Crippen molar-refractivity contribution in [1.82, 2.24) is 9.78 Å². The fraction of sp³-hybridized carbons (Fsp3) is 0.200. The van der Waals surface area contributed by atoms with Gasteiger partial charge < -0.3 is 9.84 Å². The van der Waals surface area contributed by atoms with E-state index >= 15 is 0 Å². The van der Waals surface area contributed by atoms with E-state index in [1.54, 1.807) is 22.9 Å². The number of ether oxygens (including phenoxy) is 1. The molecular weight excluding hydrogens is 307 g/mol. The van der Waals surface area contributed by atoms with Crippen LogP contribution in [0.1, 0.15) is 15.4 Å². The summed E-state index contributed by atoms with van der Waals surface area (Å²) in [6, 6.07) is 7.71. The zero-order valence-corrected chi connectivity index (χ0v) is 12.6. The fourth-order valence-corrected chi connectivity index (χ4v) is 3.19. The van der Waals surface area contributed by atoms with Gasteiger partial charge >= 0.3 is 5.97 Å². The summed E-state index contributed by atoms with van der Waals surface area (Å²) in [7, 11) is 0. The Balaban J connectivity index is 2.03. The van der Waals surface area contributed by atoms with E-state index in [0.29, 0.717) is 4.88 Å². The average molecular weight is 320 g/mol. The van der Waals surface area contributed by atoms with Crippen LogP contribution in [-0.2, 0) is 4.74 Å². The summed E-state index contributed by atoms with van der Waals surface area (Å²) in [5.41, 5.74) is 1.49. The van der Waals surface area contributed by atoms with Gasteiger partial charge in [0.25, 0.3) is 0 Å². The third-order valence-corrected chi connectivity index (χ3v) is 4.23. The molecule has 0 fully saturated rings. The molecule has 0 amide bonds. The highest BCUT2D eigenvalue weighted by atomic mass is 32.1. The van der Waals surface area contributed by atoms with Crippen LogP contribution >= 0.6 is 11.3 Å². The Bertz CT molecular complexity index is 823. The van der Waals surface area contributed by atoms with Crippen LogP contribution in [0.3, 0.4) is 0 Å². The Labute approximate surface area is 129 Å². The van der Waals surface area contributed by atoms with Crippen molar-refractivity contribution in [2.24, 2.45) is 0 Å². The maximum atomic E-state index is 13.0. The lowest BCUT2D eigenvalue weighted by atomic mass is 10.3. The second-order valence-electron chi connectivity index (χ2n) is 4.66. The van der Waals surface area contributed by atoms with Crippen LogP contribution < -0.4 is 0 Å². The van der Waals surface area contributed by atoms with Gasteiger partial charge in [-0.3, -0.25) is 0 Å². The molecule has 0 saturated heterocycles. The number of rotatable bonds is 4. The first kappa shape index (κ1) is 14.7. The molecule has 2 heterocycles. The lowest BCUT2D eigenvalue weighted by Crippen LogP contribution is -2.07. The van der Waals surface area contributed by atoms with Gasteiger partial charge in [-0.25, -0.2) is 13.9 Å². The van der Waals surface area contributed by atoms with Crippen molar-refractivity contribution in [2.45, 2.75) is 6.92 Å². The lowest BCUT2D eigenvalue weighted by molar-refractivity contribution is 0.0439. The molecule has 1 aromatic carbocycles. The Kier molecular flexibility index (Phi) is 3.91. The summed E-state index contributed by atoms with van der Waals surface area (Å²) in [4.78, 5) is 13.1. The normalized spacial score (nSPS) is 11.0. The number of hydrogen-bond donors (Lipinski definition) is 1. The predicted molar refractivity (Wildman–Crippen MR) is 81.0 cm³/mol. The molecule has 0 radical (unpaired) electrons. The van der Waals surface area contributed by atoms with E-state index in [1.165, 1.54) is 23.5 Å². The molecule has 3 rings (SSSR count). The largest absolute Gasteiger partial charge is 0.459 e. The van der Waals surface area contributed by atoms with E-state index in [4.69, 9.17) is 9.84 Å². The molecule has 2 aromatic heterocycles. The topological polar surface area (TPSA) is 64.4 Å². The molecule has 1 N–H and O–H groups in total. The van der Waals surface area contributed by atoms with Crippen LogP contribution in [0.4, 0.5) is 4.39 Å². The summed E-state index contributed by atoms with van der Waals surface area (Å²) in [6.07, 6.45) is 0. The monoisotopic (exact) mass is 320 g/mol. The van der Waals surface area contributed by atoms with Gasteiger partial charge in [-0.15, -0.1) is 11.3 Å². The Morgan fingerprint density at radius 1 is 1.41 bits per heavy atom. The molecule has 0 saturated carbocycles. The molecule has 5 nitrogen and oxygen atoms in total. The number of aliphatic hydroxyl groups is 1. The number of halogens is 1. The molecule has 0 aliphatic heterocycles. The first-order valence-corrected chi connectivity index (χ1v) is 7.45. The summed E-state index contributed by atoms with van der Waals surface area (Å²) in [5, 5.41) is 14.0. The molecular formula is C15H13FN2O3S. The third-order valence-electron chi connectivity index (χ3n) is 3.14. The molecule has 7 heteroatoms. The van der Waals surface area contributed by atoms with Gasteiger partial charge in [0.05, 0.1) is 18.0 Å². The first-order valence-electron chi connectivity index (χ1n) is 6.63. The standard InChI is InChI=1S/C15H13FN2O3S/c1-9-12-8-13(15(20)21-7-6-19)22-14(12)18(17-9)11-4-2-10(16)3-5-11/h2-5,8,19H,6-7H2,1H3. The van der Waals surface area contributed by atoms with E-state index < -0.39 is 5.97 Å². The van der Waals surface area contributed by atoms with E-state index in [1.807, 2.05) is 6.92 Å². The number of aliphatic hydroxyl groups excluding tert-OH is 1. The van der Waals surface area contributed by atoms with Crippen LogP contribution in [0.2, 0.25) is 0 Å². The zero-order valence-electron chi connectivity index (χ0n) is 11.7. The minimum atomic E-state index is -0.472. The summed E-state index contributed by atoms with van der Waals surface area (Å²) in [5.74, 6) is -0.788. The van der Waals surface area contributed by atoms with Crippen LogP contribution in [0, 0.1) is 12.7 Å². The number of carbonyl (C=O) groups is 1. The SMILES string of the molecule is Cc1nn(-c2ccc(F)cc2)c2sc(C(=O)OCCO)cc12. The summed E-state index contributed by atoms with van der Waals surface area (Å²) >= 11 is 1.25. The molecule has 3 aromatic rings. The third kappa shape index (κ3) is 2.60. The van der Waals surface area contributed by atoms with Crippen molar-refractivity contribution in [3.8, 4) is 5.69 Å². The van der Waals surface area contributed by atoms with Gasteiger partial charge in [0.1, 0.15) is 22.1 Å². The molecule has 22 heavy (non-hydrogen) atoms. The number of nitrogens with zero attached hydrogens (tertiary/aromatic N) is 2. The average Bonchev–Trinajstić information content (AvgIpc) is 3.07. The minimum absolute atomic E-state index is 0.0316. The van der Waals surface area contributed by atoms with Crippen molar-refractivity contribution in [2.75, 3.05) is 13.2 Å². The maximum Gasteiger partial charge on any atom is 0.348 e. The van der Waals surface area contributed by atoms with E-state index in [0.717, 1.165) is 21.6 Å². The number of fused-ring (bicyclic) bond motifs is 1. The van der Waals surface area contributed by atoms with Gasteiger partial charge in [0.15, 0.2) is 0 Å². The molecule has 0 atom stereocenters. The highest BCUT2D eigenvalue weighted by molar-refractivity contribution is 7.20. The van der Waals surface area contributed by atoms with Gasteiger partial charge in [0, 0.05) is 5.39 Å². The van der Waals surface area contributed by atoms with E-state index in [2.05, 4.69) is 5.10 Å². The van der Waals surface area contributed by atoms with Crippen LogP contribution in [0.5, 0.6) is 0 Å². The van der Waals surface area contributed by atoms with Crippen LogP contribution in [0.15, 0.2) is 30.3 Å². The highest BCUT2D eigenvalue weighted by Gasteiger charge is 2.18. The number of thiophene rings is 1. The predicted octanol–water partition coefficient (Wildman–Crippen LogP) is 2.68. The Morgan fingerprint density at radius 3 is 2.82 bits per heavy atom. The molecule has 0 spiro atoms. The number of esters is 1. The van der Waals surface area contributed by atoms with Crippen LogP contribution in [0.25, 0.3) is 15.9 Å². The second kappa shape index (κ2) is 5.86. The molecule has 0 unspecified atom stereocenters. The summed E-state index contributed by atoms with van der Waals surface area (Å²) in [6.45, 7) is 1.60. The van der Waals surface area contributed by atoms with Crippen molar-refractivity contribution >= 4 is 27.5 Å². The number of aromatic nitrogens is 2. The fourth-order valence-electron chi connectivity index (χ4n) is 2.11. The van der Waals surface area contributed by atoms with Gasteiger partial charge in [0.2, 0.25) is 0 Å². The van der Waals surface area contributed by atoms with Crippen molar-refractivity contribution in [1.29, 1.82) is 0 Å². The van der Waals surface area contributed by atoms with E-state index in [-0.39, 0.29) is 19.0 Å². The summed E-state index contributed by atoms with van der Waals surface area (Å²) < 4.78 is 19.6. The number of carbonyl (C=O) groups excluding carboxylic acids is 1. The molecule has 0 aliphatic carbocycles. The Hall–Kier alpha value is -2.25. The van der Waals surface area contributed by atoms with Gasteiger partial charge in [-0.05, 0) is 37.3 Å². The molecule has 0 aliphatic rings. The van der Waals surface area contributed by atoms with Gasteiger partial charge in [-0.2, -0.15) is 5.10 Å². The second-order valence-corrected chi connectivity index (χ2v) is 5.69. The quantitative estimate of drug-likeness (QED) is 0.751. The van der Waals surface area contributed by atoms with E-state index in [9.17, 15) is 9.18 Å². The number of benzene rings is 1. The minimum Gasteiger partial charge on any atom is -0.459 e. The number of aryl methyl sites for hydroxylation is 1. The zero-order chi connectivity index (χ0) is 15.7. The van der Waals surface area contributed by atoms with Crippen molar-refractivity contribution in [3.05, 3.63) is 46.7 Å². The highest BCUT2D eigenvalue weighted by Crippen LogP contribution is 2.30. The maximum absolute atomic E-state index is 13.0. The van der Waals surface area contributed by atoms with Crippen LogP contribution in [-0.4, -0.2) is 34.1 Å². The smallest absolute Gasteiger partial charge is 0.348 e. The molecule has 0 bridgehead atoms. The van der Waals surface area contributed by atoms with Crippen molar-refractivity contribution in [3.63, 3.8) is 0 Å². The molecule has 114 valence electrons. The van der Waals surface area contributed by atoms with Crippen molar-refractivity contribution < 1.29 is 19.0 Å². The lowest BCUT2D eigenvalue weighted by Gasteiger charge is -2.02. The van der Waals surface area contributed by atoms with Gasteiger partial charge in [-0.1, -0.05) is 0 Å². The number of hydrogen-bond acceptors (Lipinski definition) is 5. The Morgan fingerprint density at radius 2 is 2.14 bits per heavy atom. The first-order chi connectivity index (χ1) is 10.6.